The lowest BCUT2D eigenvalue weighted by atomic mass is 10.1. The highest BCUT2D eigenvalue weighted by molar-refractivity contribution is 7.80. The van der Waals surface area contributed by atoms with E-state index >= 15 is 0 Å². The summed E-state index contributed by atoms with van der Waals surface area (Å²) in [6.07, 6.45) is 1.08. The fraction of sp³-hybridized carbons (Fsp3) is 0.417. The van der Waals surface area contributed by atoms with Crippen molar-refractivity contribution in [3.8, 4) is 0 Å². The third-order valence-electron chi connectivity index (χ3n) is 2.30. The second-order valence-electron chi connectivity index (χ2n) is 3.68. The molecule has 15 heavy (non-hydrogen) atoms. The van der Waals surface area contributed by atoms with Crippen molar-refractivity contribution in [1.82, 2.24) is 5.32 Å². The summed E-state index contributed by atoms with van der Waals surface area (Å²) in [5.41, 5.74) is 3.62. The number of nitrogens with one attached hydrogen (secondary N) is 2. The summed E-state index contributed by atoms with van der Waals surface area (Å²) in [6.45, 7) is 7.23. The highest BCUT2D eigenvalue weighted by Gasteiger charge is 1.98. The largest absolute Gasteiger partial charge is 0.362 e. The summed E-state index contributed by atoms with van der Waals surface area (Å²) < 4.78 is 0. The number of hydrogen-bond donors (Lipinski definition) is 2. The van der Waals surface area contributed by atoms with Crippen LogP contribution in [0.4, 0.5) is 5.69 Å². The van der Waals surface area contributed by atoms with Crippen LogP contribution in [0, 0.1) is 13.8 Å². The van der Waals surface area contributed by atoms with Gasteiger partial charge in [-0.3, -0.25) is 0 Å². The average molecular weight is 222 g/mol. The Morgan fingerprint density at radius 1 is 1.27 bits per heavy atom. The molecule has 3 heteroatoms. The van der Waals surface area contributed by atoms with Gasteiger partial charge in [0.2, 0.25) is 0 Å². The predicted molar refractivity (Wildman–Crippen MR) is 70.4 cm³/mol. The van der Waals surface area contributed by atoms with Gasteiger partial charge < -0.3 is 10.6 Å². The summed E-state index contributed by atoms with van der Waals surface area (Å²) in [5.74, 6) is 0. The Kier molecular flexibility index (Phi) is 4.56. The van der Waals surface area contributed by atoms with Crippen LogP contribution < -0.4 is 10.6 Å². The minimum absolute atomic E-state index is 0.695. The van der Waals surface area contributed by atoms with Gasteiger partial charge in [0, 0.05) is 12.2 Å². The molecule has 0 heterocycles. The van der Waals surface area contributed by atoms with E-state index in [9.17, 15) is 0 Å². The summed E-state index contributed by atoms with van der Waals surface area (Å²) in [6, 6.07) is 6.25. The number of anilines is 1. The summed E-state index contributed by atoms with van der Waals surface area (Å²) >= 11 is 5.16. The topological polar surface area (TPSA) is 24.1 Å². The molecule has 0 aliphatic rings. The highest BCUT2D eigenvalue weighted by atomic mass is 32.1. The SMILES string of the molecule is CCCNC(=S)Nc1ccc(C)c(C)c1. The molecule has 0 aliphatic heterocycles. The molecule has 0 spiro atoms. The maximum absolute atomic E-state index is 5.16. The molecule has 0 radical (unpaired) electrons. The summed E-state index contributed by atoms with van der Waals surface area (Å²) in [4.78, 5) is 0. The molecule has 1 aromatic rings. The Hall–Kier alpha value is -1.09. The van der Waals surface area contributed by atoms with E-state index in [0.29, 0.717) is 5.11 Å². The Bertz CT molecular complexity index is 347. The van der Waals surface area contributed by atoms with E-state index < -0.39 is 0 Å². The van der Waals surface area contributed by atoms with Crippen LogP contribution in [-0.4, -0.2) is 11.7 Å². The first-order chi connectivity index (χ1) is 7.13. The quantitative estimate of drug-likeness (QED) is 0.769. The minimum atomic E-state index is 0.695. The van der Waals surface area contributed by atoms with Crippen LogP contribution in [0.2, 0.25) is 0 Å². The van der Waals surface area contributed by atoms with E-state index in [1.54, 1.807) is 0 Å². The van der Waals surface area contributed by atoms with Gasteiger partial charge in [0.15, 0.2) is 5.11 Å². The van der Waals surface area contributed by atoms with Crippen LogP contribution in [0.25, 0.3) is 0 Å². The molecule has 0 aromatic heterocycles. The minimum Gasteiger partial charge on any atom is -0.362 e. The van der Waals surface area contributed by atoms with E-state index in [1.165, 1.54) is 11.1 Å². The van der Waals surface area contributed by atoms with Crippen molar-refractivity contribution in [3.63, 3.8) is 0 Å². The molecular weight excluding hydrogens is 204 g/mol. The van der Waals surface area contributed by atoms with Crippen molar-refractivity contribution in [2.24, 2.45) is 0 Å². The smallest absolute Gasteiger partial charge is 0.170 e. The van der Waals surface area contributed by atoms with Crippen molar-refractivity contribution in [2.45, 2.75) is 27.2 Å². The normalized spacial score (nSPS) is 9.80. The van der Waals surface area contributed by atoms with Gasteiger partial charge in [0.05, 0.1) is 0 Å². The van der Waals surface area contributed by atoms with Gasteiger partial charge in [-0.2, -0.15) is 0 Å². The number of rotatable bonds is 3. The van der Waals surface area contributed by atoms with Crippen molar-refractivity contribution in [3.05, 3.63) is 29.3 Å². The van der Waals surface area contributed by atoms with Crippen molar-refractivity contribution < 1.29 is 0 Å². The average Bonchev–Trinajstić information content (AvgIpc) is 2.20. The Morgan fingerprint density at radius 3 is 2.60 bits per heavy atom. The van der Waals surface area contributed by atoms with Gasteiger partial charge in [-0.25, -0.2) is 0 Å². The van der Waals surface area contributed by atoms with Crippen LogP contribution in [0.3, 0.4) is 0 Å². The summed E-state index contributed by atoms with van der Waals surface area (Å²) in [7, 11) is 0. The molecule has 0 aliphatic carbocycles. The molecule has 2 nitrogen and oxygen atoms in total. The lowest BCUT2D eigenvalue weighted by Crippen LogP contribution is -2.28. The zero-order chi connectivity index (χ0) is 11.3. The highest BCUT2D eigenvalue weighted by Crippen LogP contribution is 2.13. The van der Waals surface area contributed by atoms with Crippen LogP contribution in [0.1, 0.15) is 24.5 Å². The van der Waals surface area contributed by atoms with Gasteiger partial charge in [-0.05, 0) is 55.7 Å². The van der Waals surface area contributed by atoms with Gasteiger partial charge in [0.1, 0.15) is 0 Å². The van der Waals surface area contributed by atoms with Crippen LogP contribution in [0.5, 0.6) is 0 Å². The first-order valence-electron chi connectivity index (χ1n) is 5.25. The molecule has 0 saturated heterocycles. The maximum Gasteiger partial charge on any atom is 0.170 e. The fourth-order valence-electron chi connectivity index (χ4n) is 1.23. The van der Waals surface area contributed by atoms with Gasteiger partial charge in [-0.15, -0.1) is 0 Å². The number of aryl methyl sites for hydroxylation is 2. The maximum atomic E-state index is 5.16. The van der Waals surface area contributed by atoms with E-state index in [0.717, 1.165) is 18.7 Å². The first kappa shape index (κ1) is 12.0. The van der Waals surface area contributed by atoms with E-state index in [2.05, 4.69) is 43.5 Å². The second-order valence-corrected chi connectivity index (χ2v) is 4.09. The number of thiocarbonyl (C=S) groups is 1. The lowest BCUT2D eigenvalue weighted by molar-refractivity contribution is 0.846. The first-order valence-corrected chi connectivity index (χ1v) is 5.66. The predicted octanol–water partition coefficient (Wildman–Crippen LogP) is 3.00. The molecule has 0 fully saturated rings. The number of benzene rings is 1. The molecule has 1 rings (SSSR count). The van der Waals surface area contributed by atoms with E-state index in [-0.39, 0.29) is 0 Å². The Labute approximate surface area is 97.1 Å². The Morgan fingerprint density at radius 2 is 2.00 bits per heavy atom. The van der Waals surface area contributed by atoms with Crippen LogP contribution in [0.15, 0.2) is 18.2 Å². The fourth-order valence-corrected chi connectivity index (χ4v) is 1.45. The molecule has 0 atom stereocenters. The van der Waals surface area contributed by atoms with E-state index in [1.807, 2.05) is 6.07 Å². The molecule has 2 N–H and O–H groups in total. The molecule has 0 bridgehead atoms. The van der Waals surface area contributed by atoms with Crippen molar-refractivity contribution in [1.29, 1.82) is 0 Å². The lowest BCUT2D eigenvalue weighted by Gasteiger charge is -2.10. The third kappa shape index (κ3) is 3.88. The molecule has 1 aromatic carbocycles. The zero-order valence-electron chi connectivity index (χ0n) is 9.55. The van der Waals surface area contributed by atoms with Crippen molar-refractivity contribution >= 4 is 23.0 Å². The van der Waals surface area contributed by atoms with Crippen molar-refractivity contribution in [2.75, 3.05) is 11.9 Å². The standard InChI is InChI=1S/C12H18N2S/c1-4-7-13-12(15)14-11-6-5-9(2)10(3)8-11/h5-6,8H,4,7H2,1-3H3,(H2,13,14,15). The zero-order valence-corrected chi connectivity index (χ0v) is 10.4. The third-order valence-corrected chi connectivity index (χ3v) is 2.55. The molecule has 0 unspecified atom stereocenters. The van der Waals surface area contributed by atoms with Crippen LogP contribution >= 0.6 is 12.2 Å². The van der Waals surface area contributed by atoms with Gasteiger partial charge in [-0.1, -0.05) is 13.0 Å². The monoisotopic (exact) mass is 222 g/mol. The Balaban J connectivity index is 2.57. The van der Waals surface area contributed by atoms with Gasteiger partial charge >= 0.3 is 0 Å². The van der Waals surface area contributed by atoms with E-state index in [4.69, 9.17) is 12.2 Å². The van der Waals surface area contributed by atoms with Crippen LogP contribution in [-0.2, 0) is 0 Å². The molecule has 0 amide bonds. The number of hydrogen-bond acceptors (Lipinski definition) is 1. The molecular formula is C12H18N2S. The molecule has 82 valence electrons. The van der Waals surface area contributed by atoms with Gasteiger partial charge in [0.25, 0.3) is 0 Å². The summed E-state index contributed by atoms with van der Waals surface area (Å²) in [5, 5.41) is 6.99. The molecule has 0 saturated carbocycles. The second kappa shape index (κ2) is 5.71.